The molecule has 0 fully saturated rings. The van der Waals surface area contributed by atoms with Gasteiger partial charge in [0.15, 0.2) is 0 Å². The molecule has 9 heteroatoms. The molecule has 0 heterocycles. The molecule has 0 unspecified atom stereocenters. The van der Waals surface area contributed by atoms with E-state index in [1.54, 1.807) is 6.92 Å². The van der Waals surface area contributed by atoms with E-state index >= 15 is 0 Å². The van der Waals surface area contributed by atoms with Crippen LogP contribution in [0.25, 0.3) is 0 Å². The van der Waals surface area contributed by atoms with Crippen molar-refractivity contribution in [2.45, 2.75) is 6.92 Å². The lowest BCUT2D eigenvalue weighted by Crippen LogP contribution is -2.36. The van der Waals surface area contributed by atoms with Crippen molar-refractivity contribution in [2.24, 2.45) is 0 Å². The Morgan fingerprint density at radius 1 is 1.38 bits per heavy atom. The number of hydrogen-bond donors (Lipinski definition) is 0. The van der Waals surface area contributed by atoms with E-state index in [1.807, 2.05) is 0 Å². The first-order valence-electron chi connectivity index (χ1n) is 5.81. The maximum atomic E-state index is 12.3. The lowest BCUT2D eigenvalue weighted by Gasteiger charge is -2.20. The first-order chi connectivity index (χ1) is 9.81. The number of methoxy groups -OCH3 is 1. The molecule has 0 aromatic heterocycles. The first-order valence-corrected chi connectivity index (χ1v) is 6.56. The van der Waals surface area contributed by atoms with Crippen LogP contribution in [0.15, 0.2) is 12.1 Å². The minimum atomic E-state index is -0.685. The van der Waals surface area contributed by atoms with Crippen LogP contribution in [0.2, 0.25) is 10.0 Å². The summed E-state index contributed by atoms with van der Waals surface area (Å²) in [4.78, 5) is 34.9. The third kappa shape index (κ3) is 4.05. The van der Waals surface area contributed by atoms with Crippen LogP contribution < -0.4 is 0 Å². The number of carbonyl (C=O) groups excluding carboxylic acids is 2. The van der Waals surface area contributed by atoms with Crippen LogP contribution >= 0.6 is 23.2 Å². The number of benzene rings is 1. The van der Waals surface area contributed by atoms with Crippen LogP contribution in [-0.4, -0.2) is 41.9 Å². The summed E-state index contributed by atoms with van der Waals surface area (Å²) in [6.07, 6.45) is 0. The van der Waals surface area contributed by atoms with Gasteiger partial charge in [-0.05, 0) is 6.92 Å². The highest BCUT2D eigenvalue weighted by atomic mass is 35.5. The van der Waals surface area contributed by atoms with E-state index in [0.717, 1.165) is 17.0 Å². The second-order valence-electron chi connectivity index (χ2n) is 3.94. The summed E-state index contributed by atoms with van der Waals surface area (Å²) < 4.78 is 4.48. The van der Waals surface area contributed by atoms with Crippen molar-refractivity contribution in [3.05, 3.63) is 37.9 Å². The number of likely N-dealkylation sites (N-methyl/N-ethyl adjacent to an activating group) is 1. The van der Waals surface area contributed by atoms with E-state index in [9.17, 15) is 19.7 Å². The number of carbonyl (C=O) groups is 2. The SMILES string of the molecule is CCN(CC(=O)OC)C(=O)c1cc([N+](=O)[O-])cc(Cl)c1Cl. The average Bonchev–Trinajstić information content (AvgIpc) is 2.46. The molecule has 0 spiro atoms. The summed E-state index contributed by atoms with van der Waals surface area (Å²) in [5.74, 6) is -1.25. The number of ether oxygens (including phenoxy) is 1. The molecule has 7 nitrogen and oxygen atoms in total. The Morgan fingerprint density at radius 3 is 2.48 bits per heavy atom. The van der Waals surface area contributed by atoms with E-state index in [4.69, 9.17) is 23.2 Å². The van der Waals surface area contributed by atoms with Crippen molar-refractivity contribution in [1.29, 1.82) is 0 Å². The Kier molecular flexibility index (Phi) is 5.92. The van der Waals surface area contributed by atoms with Gasteiger partial charge in [-0.2, -0.15) is 0 Å². The Labute approximate surface area is 130 Å². The van der Waals surface area contributed by atoms with Gasteiger partial charge in [-0.3, -0.25) is 19.7 Å². The molecule has 21 heavy (non-hydrogen) atoms. The number of rotatable bonds is 5. The van der Waals surface area contributed by atoms with E-state index < -0.39 is 16.8 Å². The van der Waals surface area contributed by atoms with Gasteiger partial charge in [-0.15, -0.1) is 0 Å². The van der Waals surface area contributed by atoms with Gasteiger partial charge in [0, 0.05) is 18.7 Å². The average molecular weight is 335 g/mol. The summed E-state index contributed by atoms with van der Waals surface area (Å²) in [6.45, 7) is 1.56. The number of amides is 1. The van der Waals surface area contributed by atoms with Gasteiger partial charge < -0.3 is 9.64 Å². The maximum Gasteiger partial charge on any atom is 0.325 e. The molecule has 0 aliphatic carbocycles. The van der Waals surface area contributed by atoms with Crippen LogP contribution in [-0.2, 0) is 9.53 Å². The second kappa shape index (κ2) is 7.24. The molecule has 1 aromatic carbocycles. The molecular formula is C12H12Cl2N2O5. The minimum absolute atomic E-state index is 0.101. The zero-order chi connectivity index (χ0) is 16.2. The van der Waals surface area contributed by atoms with Gasteiger partial charge in [0.1, 0.15) is 6.54 Å². The number of esters is 1. The lowest BCUT2D eigenvalue weighted by molar-refractivity contribution is -0.384. The molecule has 0 radical (unpaired) electrons. The molecule has 114 valence electrons. The van der Waals surface area contributed by atoms with Gasteiger partial charge in [0.05, 0.1) is 27.6 Å². The minimum Gasteiger partial charge on any atom is -0.468 e. The number of halogens is 2. The summed E-state index contributed by atoms with van der Waals surface area (Å²) in [7, 11) is 1.19. The van der Waals surface area contributed by atoms with Gasteiger partial charge >= 0.3 is 5.97 Å². The monoisotopic (exact) mass is 334 g/mol. The zero-order valence-corrected chi connectivity index (χ0v) is 12.8. The predicted octanol–water partition coefficient (Wildman–Crippen LogP) is 2.54. The lowest BCUT2D eigenvalue weighted by atomic mass is 10.1. The Bertz CT molecular complexity index is 591. The number of nitro groups is 1. The number of nitrogens with zero attached hydrogens (tertiary/aromatic N) is 2. The molecular weight excluding hydrogens is 323 g/mol. The highest BCUT2D eigenvalue weighted by Crippen LogP contribution is 2.31. The standard InChI is InChI=1S/C12H12Cl2N2O5/c1-3-15(6-10(17)21-2)12(18)8-4-7(16(19)20)5-9(13)11(8)14/h4-5H,3,6H2,1-2H3. The van der Waals surface area contributed by atoms with Crippen molar-refractivity contribution in [3.63, 3.8) is 0 Å². The van der Waals surface area contributed by atoms with Crippen molar-refractivity contribution < 1.29 is 19.2 Å². The van der Waals surface area contributed by atoms with Crippen molar-refractivity contribution >= 4 is 40.8 Å². The molecule has 1 aromatic rings. The van der Waals surface area contributed by atoms with Crippen LogP contribution in [0.1, 0.15) is 17.3 Å². The Morgan fingerprint density at radius 2 is 2.00 bits per heavy atom. The summed E-state index contributed by atoms with van der Waals surface area (Å²) in [6, 6.07) is 2.08. The van der Waals surface area contributed by atoms with E-state index in [0.29, 0.717) is 0 Å². The van der Waals surface area contributed by atoms with Gasteiger partial charge in [-0.25, -0.2) is 0 Å². The van der Waals surface area contributed by atoms with E-state index in [2.05, 4.69) is 4.74 Å². The van der Waals surface area contributed by atoms with Gasteiger partial charge in [0.25, 0.3) is 11.6 Å². The van der Waals surface area contributed by atoms with Gasteiger partial charge in [-0.1, -0.05) is 23.2 Å². The highest BCUT2D eigenvalue weighted by Gasteiger charge is 2.24. The third-order valence-electron chi connectivity index (χ3n) is 2.67. The smallest absolute Gasteiger partial charge is 0.325 e. The molecule has 0 atom stereocenters. The van der Waals surface area contributed by atoms with Crippen molar-refractivity contribution in [2.75, 3.05) is 20.2 Å². The van der Waals surface area contributed by atoms with Crippen molar-refractivity contribution in [1.82, 2.24) is 4.90 Å². The van der Waals surface area contributed by atoms with Gasteiger partial charge in [0.2, 0.25) is 0 Å². The molecule has 0 aliphatic heterocycles. The van der Waals surface area contributed by atoms with Crippen LogP contribution in [0.4, 0.5) is 5.69 Å². The summed E-state index contributed by atoms with van der Waals surface area (Å²) in [5, 5.41) is 10.6. The summed E-state index contributed by atoms with van der Waals surface area (Å²) in [5.41, 5.74) is -0.497. The number of hydrogen-bond acceptors (Lipinski definition) is 5. The van der Waals surface area contributed by atoms with Crippen molar-refractivity contribution in [3.8, 4) is 0 Å². The molecule has 1 amide bonds. The zero-order valence-electron chi connectivity index (χ0n) is 11.3. The Balaban J connectivity index is 3.21. The second-order valence-corrected chi connectivity index (χ2v) is 4.73. The third-order valence-corrected chi connectivity index (χ3v) is 3.47. The maximum absolute atomic E-state index is 12.3. The number of non-ortho nitro benzene ring substituents is 1. The molecule has 0 saturated carbocycles. The fourth-order valence-corrected chi connectivity index (χ4v) is 1.96. The van der Waals surface area contributed by atoms with Crippen LogP contribution in [0.5, 0.6) is 0 Å². The van der Waals surface area contributed by atoms with Crippen LogP contribution in [0.3, 0.4) is 0 Å². The fraction of sp³-hybridized carbons (Fsp3) is 0.333. The quantitative estimate of drug-likeness (QED) is 0.469. The first kappa shape index (κ1) is 17.2. The molecule has 1 rings (SSSR count). The van der Waals surface area contributed by atoms with E-state index in [1.165, 1.54) is 7.11 Å². The highest BCUT2D eigenvalue weighted by molar-refractivity contribution is 6.44. The summed E-state index contributed by atoms with van der Waals surface area (Å²) >= 11 is 11.7. The molecule has 0 N–H and O–H groups in total. The van der Waals surface area contributed by atoms with Crippen LogP contribution in [0, 0.1) is 10.1 Å². The topological polar surface area (TPSA) is 89.8 Å². The Hall–Kier alpha value is -1.86. The fourth-order valence-electron chi connectivity index (χ4n) is 1.55. The predicted molar refractivity (Wildman–Crippen MR) is 76.7 cm³/mol. The van der Waals surface area contributed by atoms with E-state index in [-0.39, 0.29) is 34.4 Å². The normalized spacial score (nSPS) is 10.1. The number of nitro benzene ring substituents is 1. The largest absolute Gasteiger partial charge is 0.468 e. The molecule has 0 saturated heterocycles. The molecule has 0 aliphatic rings. The molecule has 0 bridgehead atoms.